The number of hydrogen-bond donors (Lipinski definition) is 1. The van der Waals surface area contributed by atoms with Gasteiger partial charge in [0, 0.05) is 29.8 Å². The van der Waals surface area contributed by atoms with E-state index in [1.165, 1.54) is 29.8 Å². The Hall–Kier alpha value is -2.95. The Balaban J connectivity index is 2.30. The van der Waals surface area contributed by atoms with Gasteiger partial charge in [0.1, 0.15) is 0 Å². The summed E-state index contributed by atoms with van der Waals surface area (Å²) in [6, 6.07) is 9.88. The summed E-state index contributed by atoms with van der Waals surface area (Å²) in [5.74, 6) is -0.898. The number of carbonyl (C=O) groups excluding carboxylic acids is 1. The number of ether oxygens (including phenoxy) is 1. The van der Waals surface area contributed by atoms with Crippen molar-refractivity contribution in [3.05, 3.63) is 63.8 Å². The maximum atomic E-state index is 11.8. The normalized spacial score (nSPS) is 13.7. The SMILES string of the molecule is CC(=O)OC(C(C)n1cc(-c2ccc(Cl)cc2)c2c([N+](=O)[O-])cccc21)S(=O)(=O)O. The number of halogens is 1. The van der Waals surface area contributed by atoms with E-state index in [-0.39, 0.29) is 11.1 Å². The van der Waals surface area contributed by atoms with Gasteiger partial charge in [-0.1, -0.05) is 29.8 Å². The summed E-state index contributed by atoms with van der Waals surface area (Å²) in [4.78, 5) is 22.5. The maximum absolute atomic E-state index is 11.8. The molecule has 0 aliphatic heterocycles. The van der Waals surface area contributed by atoms with Crippen molar-refractivity contribution in [2.24, 2.45) is 0 Å². The third kappa shape index (κ3) is 4.16. The number of hydrogen-bond acceptors (Lipinski definition) is 6. The molecule has 0 saturated heterocycles. The molecule has 1 N–H and O–H groups in total. The van der Waals surface area contributed by atoms with Crippen LogP contribution in [0.1, 0.15) is 19.9 Å². The lowest BCUT2D eigenvalue weighted by Gasteiger charge is -2.23. The lowest BCUT2D eigenvalue weighted by atomic mass is 10.0. The zero-order chi connectivity index (χ0) is 22.2. The van der Waals surface area contributed by atoms with Gasteiger partial charge in [-0.25, -0.2) is 0 Å². The highest BCUT2D eigenvalue weighted by Gasteiger charge is 2.35. The number of carbonyl (C=O) groups is 1. The maximum Gasteiger partial charge on any atom is 0.305 e. The minimum absolute atomic E-state index is 0.181. The third-order valence-electron chi connectivity index (χ3n) is 4.60. The number of esters is 1. The van der Waals surface area contributed by atoms with Crippen molar-refractivity contribution in [2.75, 3.05) is 0 Å². The van der Waals surface area contributed by atoms with Gasteiger partial charge >= 0.3 is 16.1 Å². The molecule has 3 aromatic rings. The van der Waals surface area contributed by atoms with E-state index >= 15 is 0 Å². The molecule has 0 radical (unpaired) electrons. The Morgan fingerprint density at radius 2 is 1.87 bits per heavy atom. The quantitative estimate of drug-likeness (QED) is 0.256. The van der Waals surface area contributed by atoms with E-state index in [0.29, 0.717) is 21.7 Å². The summed E-state index contributed by atoms with van der Waals surface area (Å²) in [7, 11) is -4.78. The summed E-state index contributed by atoms with van der Waals surface area (Å²) in [5, 5.41) is 12.4. The van der Waals surface area contributed by atoms with Crippen molar-refractivity contribution in [1.82, 2.24) is 4.57 Å². The molecule has 0 bridgehead atoms. The Morgan fingerprint density at radius 3 is 2.40 bits per heavy atom. The Bertz CT molecular complexity index is 1240. The average Bonchev–Trinajstić information content (AvgIpc) is 3.05. The number of rotatable bonds is 6. The van der Waals surface area contributed by atoms with Crippen LogP contribution in [0.2, 0.25) is 5.02 Å². The molecule has 0 saturated carbocycles. The third-order valence-corrected chi connectivity index (χ3v) is 5.93. The first-order chi connectivity index (χ1) is 14.0. The minimum Gasteiger partial charge on any atom is -0.441 e. The number of fused-ring (bicyclic) bond motifs is 1. The van der Waals surface area contributed by atoms with E-state index in [4.69, 9.17) is 16.3 Å². The average molecular weight is 453 g/mol. The second-order valence-corrected chi connectivity index (χ2v) is 8.55. The molecule has 2 unspecified atom stereocenters. The molecule has 0 spiro atoms. The van der Waals surface area contributed by atoms with Gasteiger partial charge in [-0.15, -0.1) is 0 Å². The topological polar surface area (TPSA) is 129 Å². The summed E-state index contributed by atoms with van der Waals surface area (Å²) >= 11 is 5.94. The van der Waals surface area contributed by atoms with Gasteiger partial charge in [-0.2, -0.15) is 8.42 Å². The fourth-order valence-corrected chi connectivity index (χ4v) is 4.34. The zero-order valence-electron chi connectivity index (χ0n) is 15.9. The van der Waals surface area contributed by atoms with Crippen molar-refractivity contribution < 1.29 is 27.4 Å². The number of benzene rings is 2. The minimum atomic E-state index is -4.78. The molecule has 1 aromatic heterocycles. The summed E-state index contributed by atoms with van der Waals surface area (Å²) in [6.07, 6.45) is 1.52. The second kappa shape index (κ2) is 8.05. The van der Waals surface area contributed by atoms with Gasteiger partial charge in [0.05, 0.1) is 21.9 Å². The fourth-order valence-electron chi connectivity index (χ4n) is 3.33. The number of nitro benzene ring substituents is 1. The Labute approximate surface area is 176 Å². The van der Waals surface area contributed by atoms with Crippen LogP contribution in [0.5, 0.6) is 0 Å². The Morgan fingerprint density at radius 1 is 1.23 bits per heavy atom. The van der Waals surface area contributed by atoms with E-state index in [9.17, 15) is 27.9 Å². The molecule has 1 heterocycles. The van der Waals surface area contributed by atoms with Crippen LogP contribution in [0.4, 0.5) is 5.69 Å². The standard InChI is InChI=1S/C19H17ClN2O7S/c1-11(19(29-12(2)23)30(26,27)28)21-10-15(13-6-8-14(20)9-7-13)18-16(21)4-3-5-17(18)22(24)25/h3-11,19H,1-2H3,(H,26,27,28). The first-order valence-corrected chi connectivity index (χ1v) is 10.6. The molecule has 0 amide bonds. The number of nitrogens with zero attached hydrogens (tertiary/aromatic N) is 2. The van der Waals surface area contributed by atoms with Crippen LogP contribution in [0.3, 0.4) is 0 Å². The van der Waals surface area contributed by atoms with Gasteiger partial charge in [-0.05, 0) is 30.7 Å². The van der Waals surface area contributed by atoms with Crippen LogP contribution in [0, 0.1) is 10.1 Å². The molecule has 30 heavy (non-hydrogen) atoms. The molecule has 2 atom stereocenters. The van der Waals surface area contributed by atoms with Gasteiger partial charge in [0.15, 0.2) is 0 Å². The molecule has 0 aliphatic rings. The van der Waals surface area contributed by atoms with Gasteiger partial charge in [0.25, 0.3) is 5.69 Å². The van der Waals surface area contributed by atoms with Gasteiger partial charge in [0.2, 0.25) is 5.44 Å². The monoisotopic (exact) mass is 452 g/mol. The lowest BCUT2D eigenvalue weighted by molar-refractivity contribution is -0.383. The van der Waals surface area contributed by atoms with Crippen LogP contribution < -0.4 is 0 Å². The highest BCUT2D eigenvalue weighted by Crippen LogP contribution is 2.39. The zero-order valence-corrected chi connectivity index (χ0v) is 17.4. The summed E-state index contributed by atoms with van der Waals surface area (Å²) in [6.45, 7) is 2.44. The number of nitro groups is 1. The van der Waals surface area contributed by atoms with Gasteiger partial charge in [-0.3, -0.25) is 19.5 Å². The van der Waals surface area contributed by atoms with Crippen molar-refractivity contribution in [2.45, 2.75) is 25.3 Å². The molecule has 2 aromatic carbocycles. The first kappa shape index (κ1) is 21.8. The van der Waals surface area contributed by atoms with Crippen molar-refractivity contribution in [3.63, 3.8) is 0 Å². The molecular formula is C19H17ClN2O7S. The van der Waals surface area contributed by atoms with Crippen molar-refractivity contribution in [1.29, 1.82) is 0 Å². The van der Waals surface area contributed by atoms with Crippen molar-refractivity contribution >= 4 is 44.3 Å². The Kier molecular flexibility index (Phi) is 5.84. The van der Waals surface area contributed by atoms with Crippen LogP contribution in [0.25, 0.3) is 22.0 Å². The molecule has 11 heteroatoms. The fraction of sp³-hybridized carbons (Fsp3) is 0.211. The molecule has 158 valence electrons. The highest BCUT2D eigenvalue weighted by atomic mass is 35.5. The predicted octanol–water partition coefficient (Wildman–Crippen LogP) is 4.21. The summed E-state index contributed by atoms with van der Waals surface area (Å²) in [5.41, 5.74) is -0.678. The molecule has 3 rings (SSSR count). The van der Waals surface area contributed by atoms with Crippen LogP contribution in [-0.2, 0) is 19.6 Å². The second-order valence-electron chi connectivity index (χ2n) is 6.62. The van der Waals surface area contributed by atoms with Crippen LogP contribution in [-0.4, -0.2) is 33.9 Å². The predicted molar refractivity (Wildman–Crippen MR) is 111 cm³/mol. The van der Waals surface area contributed by atoms with Crippen LogP contribution in [0.15, 0.2) is 48.7 Å². The van der Waals surface area contributed by atoms with E-state index < -0.39 is 32.5 Å². The van der Waals surface area contributed by atoms with E-state index in [0.717, 1.165) is 6.92 Å². The van der Waals surface area contributed by atoms with E-state index in [1.807, 2.05) is 0 Å². The number of aromatic nitrogens is 1. The van der Waals surface area contributed by atoms with E-state index in [2.05, 4.69) is 0 Å². The molecular weight excluding hydrogens is 436 g/mol. The highest BCUT2D eigenvalue weighted by molar-refractivity contribution is 7.86. The summed E-state index contributed by atoms with van der Waals surface area (Å²) < 4.78 is 39.5. The number of non-ortho nitro benzene ring substituents is 1. The van der Waals surface area contributed by atoms with Crippen molar-refractivity contribution in [3.8, 4) is 11.1 Å². The molecule has 0 fully saturated rings. The lowest BCUT2D eigenvalue weighted by Crippen LogP contribution is -2.33. The molecule has 0 aliphatic carbocycles. The smallest absolute Gasteiger partial charge is 0.305 e. The van der Waals surface area contributed by atoms with Crippen LogP contribution >= 0.6 is 11.6 Å². The largest absolute Gasteiger partial charge is 0.441 e. The first-order valence-electron chi connectivity index (χ1n) is 8.68. The molecule has 9 nitrogen and oxygen atoms in total. The van der Waals surface area contributed by atoms with Gasteiger partial charge < -0.3 is 9.30 Å². The van der Waals surface area contributed by atoms with E-state index in [1.54, 1.807) is 30.3 Å².